The second kappa shape index (κ2) is 2.68. The first-order valence-electron chi connectivity index (χ1n) is 2.34. The van der Waals surface area contributed by atoms with E-state index in [2.05, 4.69) is 23.9 Å². The van der Waals surface area contributed by atoms with Crippen molar-refractivity contribution in [3.05, 3.63) is 0 Å². The fourth-order valence-electron chi connectivity index (χ4n) is 0.444. The second-order valence-electron chi connectivity index (χ2n) is 1.58. The molecular weight excluding hydrogens is 155 g/mol. The van der Waals surface area contributed by atoms with Crippen molar-refractivity contribution in [2.24, 2.45) is 0 Å². The van der Waals surface area contributed by atoms with Gasteiger partial charge in [0.15, 0.2) is 7.85 Å². The lowest BCUT2D eigenvalue weighted by molar-refractivity contribution is 0.416. The minimum Gasteiger partial charge on any atom is -0.461 e. The van der Waals surface area contributed by atoms with Crippen LogP contribution in [-0.4, -0.2) is 13.0 Å². The van der Waals surface area contributed by atoms with Gasteiger partial charge in [0.05, 0.1) is 20.4 Å². The Bertz CT molecular complexity index is 214. The summed E-state index contributed by atoms with van der Waals surface area (Å²) in [4.78, 5) is 0. The second-order valence-corrected chi connectivity index (χ2v) is 2.39. The molecule has 0 N–H and O–H groups in total. The van der Waals surface area contributed by atoms with Crippen LogP contribution in [0.25, 0.3) is 0 Å². The first kappa shape index (κ1) is 7.05. The molecule has 3 nitrogen and oxygen atoms in total. The Morgan fingerprint density at radius 2 is 2.33 bits per heavy atom. The minimum atomic E-state index is 0.502. The van der Waals surface area contributed by atoms with Crippen LogP contribution in [0.2, 0.25) is 0 Å². The third-order valence-electron chi connectivity index (χ3n) is 0.987. The third-order valence-corrected chi connectivity index (χ3v) is 1.86. The van der Waals surface area contributed by atoms with Crippen LogP contribution in [0.3, 0.4) is 0 Å². The van der Waals surface area contributed by atoms with E-state index in [-0.39, 0.29) is 0 Å². The van der Waals surface area contributed by atoms with Crippen LogP contribution < -0.4 is 15.5 Å². The molecule has 0 amide bonds. The highest BCUT2D eigenvalue weighted by Gasteiger charge is 2.05. The monoisotopic (exact) mass is 161 g/mol. The van der Waals surface area contributed by atoms with Crippen molar-refractivity contribution in [2.75, 3.05) is 0 Å². The van der Waals surface area contributed by atoms with Crippen molar-refractivity contribution < 1.29 is 9.05 Å². The Morgan fingerprint density at radius 1 is 1.67 bits per heavy atom. The highest BCUT2D eigenvalue weighted by atomic mass is 31.0. The first-order chi connectivity index (χ1) is 4.25. The summed E-state index contributed by atoms with van der Waals surface area (Å²) in [6.45, 7) is 0. The molecule has 0 fully saturated rings. The molecule has 6 heteroatoms. The standard InChI is InChI=1S/C3H6BNO2P2/c4-2-1(8)3(7-9)5-6-2/h4,8-9H2. The van der Waals surface area contributed by atoms with Crippen LogP contribution in [0.15, 0.2) is 4.52 Å². The zero-order valence-electron chi connectivity index (χ0n) is 4.92. The molecule has 1 rings (SSSR count). The molecule has 0 bridgehead atoms. The number of aromatic nitrogens is 1. The number of rotatable bonds is 1. The average molecular weight is 161 g/mol. The van der Waals surface area contributed by atoms with Gasteiger partial charge in [-0.15, -0.1) is 0 Å². The van der Waals surface area contributed by atoms with E-state index in [4.69, 9.17) is 9.05 Å². The van der Waals surface area contributed by atoms with E-state index in [0.717, 1.165) is 11.0 Å². The number of hydrogen-bond acceptors (Lipinski definition) is 3. The topological polar surface area (TPSA) is 35.3 Å². The molecule has 1 aromatic heterocycles. The van der Waals surface area contributed by atoms with Crippen LogP contribution in [0.5, 0.6) is 5.88 Å². The number of hydrogen-bond donors (Lipinski definition) is 0. The summed E-state index contributed by atoms with van der Waals surface area (Å²) < 4.78 is 9.53. The van der Waals surface area contributed by atoms with Gasteiger partial charge in [-0.2, -0.15) is 0 Å². The fourth-order valence-corrected chi connectivity index (χ4v) is 0.923. The third kappa shape index (κ3) is 1.25. The van der Waals surface area contributed by atoms with E-state index in [0.29, 0.717) is 5.88 Å². The van der Waals surface area contributed by atoms with E-state index in [1.54, 1.807) is 0 Å². The Morgan fingerprint density at radius 3 is 2.56 bits per heavy atom. The summed E-state index contributed by atoms with van der Waals surface area (Å²) in [5.74, 6) is 0.502. The van der Waals surface area contributed by atoms with Gasteiger partial charge in [0, 0.05) is 0 Å². The molecule has 0 radical (unpaired) electrons. The molecule has 0 aromatic carbocycles. The van der Waals surface area contributed by atoms with Crippen LogP contribution in [-0.2, 0) is 0 Å². The lowest BCUT2D eigenvalue weighted by Gasteiger charge is -1.89. The number of nitrogens with zero attached hydrogens (tertiary/aromatic N) is 1. The van der Waals surface area contributed by atoms with Gasteiger partial charge in [-0.3, -0.25) is 0 Å². The normalized spacial score (nSPS) is 9.56. The molecule has 0 aliphatic carbocycles. The van der Waals surface area contributed by atoms with Crippen molar-refractivity contribution in [1.82, 2.24) is 5.16 Å². The molecule has 9 heavy (non-hydrogen) atoms. The molecule has 0 spiro atoms. The van der Waals surface area contributed by atoms with Crippen molar-refractivity contribution >= 4 is 37.5 Å². The van der Waals surface area contributed by atoms with Crippen LogP contribution in [0.4, 0.5) is 0 Å². The van der Waals surface area contributed by atoms with Gasteiger partial charge in [-0.05, 0) is 5.16 Å². The predicted molar refractivity (Wildman–Crippen MR) is 44.4 cm³/mol. The molecule has 2 unspecified atom stereocenters. The van der Waals surface area contributed by atoms with Gasteiger partial charge in [0.1, 0.15) is 0 Å². The van der Waals surface area contributed by atoms with Gasteiger partial charge in [0.25, 0.3) is 5.88 Å². The zero-order valence-corrected chi connectivity index (χ0v) is 7.23. The molecule has 1 aromatic rings. The summed E-state index contributed by atoms with van der Waals surface area (Å²) in [5.41, 5.74) is 0.762. The van der Waals surface area contributed by atoms with E-state index < -0.39 is 0 Å². The molecule has 0 aliphatic rings. The maximum Gasteiger partial charge on any atom is 0.262 e. The Balaban J connectivity index is 3.04. The van der Waals surface area contributed by atoms with Crippen molar-refractivity contribution in [1.29, 1.82) is 0 Å². The molecule has 0 saturated carbocycles. The van der Waals surface area contributed by atoms with Gasteiger partial charge in [0.2, 0.25) is 0 Å². The van der Waals surface area contributed by atoms with E-state index in [1.807, 2.05) is 7.85 Å². The summed E-state index contributed by atoms with van der Waals surface area (Å²) in [6, 6.07) is 0. The Hall–Kier alpha value is -0.0651. The Kier molecular flexibility index (Phi) is 2.10. The predicted octanol–water partition coefficient (Wildman–Crippen LogP) is -1.40. The molecule has 0 saturated heterocycles. The van der Waals surface area contributed by atoms with Crippen molar-refractivity contribution in [3.63, 3.8) is 0 Å². The van der Waals surface area contributed by atoms with Crippen LogP contribution >= 0.6 is 18.7 Å². The largest absolute Gasteiger partial charge is 0.461 e. The smallest absolute Gasteiger partial charge is 0.262 e. The first-order valence-corrected chi connectivity index (χ1v) is 3.39. The minimum absolute atomic E-state index is 0.502. The Labute approximate surface area is 58.4 Å². The van der Waals surface area contributed by atoms with E-state index in [9.17, 15) is 0 Å². The lowest BCUT2D eigenvalue weighted by Crippen LogP contribution is -2.13. The zero-order chi connectivity index (χ0) is 6.85. The van der Waals surface area contributed by atoms with Gasteiger partial charge < -0.3 is 9.05 Å². The summed E-state index contributed by atoms with van der Waals surface area (Å²) in [5, 5.41) is 4.46. The molecule has 2 atom stereocenters. The van der Waals surface area contributed by atoms with Crippen molar-refractivity contribution in [3.8, 4) is 5.88 Å². The average Bonchev–Trinajstić information content (AvgIpc) is 2.15. The van der Waals surface area contributed by atoms with Gasteiger partial charge in [-0.25, -0.2) is 0 Å². The molecular formula is C3H6BNO2P2. The van der Waals surface area contributed by atoms with E-state index in [1.165, 1.54) is 0 Å². The maximum absolute atomic E-state index is 4.78. The van der Waals surface area contributed by atoms with Gasteiger partial charge >= 0.3 is 0 Å². The maximum atomic E-state index is 4.78. The molecule has 1 heterocycles. The summed E-state index contributed by atoms with van der Waals surface area (Å²) in [6.07, 6.45) is 0. The van der Waals surface area contributed by atoms with Gasteiger partial charge in [-0.1, -0.05) is 9.24 Å². The quantitative estimate of drug-likeness (QED) is 0.375. The van der Waals surface area contributed by atoms with Crippen LogP contribution in [0, 0.1) is 0 Å². The molecule has 0 aliphatic heterocycles. The fraction of sp³-hybridized carbons (Fsp3) is 0. The highest BCUT2D eigenvalue weighted by Crippen LogP contribution is 2.06. The summed E-state index contributed by atoms with van der Waals surface area (Å²) in [7, 11) is 6.41. The highest BCUT2D eigenvalue weighted by molar-refractivity contribution is 7.28. The SMILES string of the molecule is Bc1onc(OP)c1P. The molecule has 48 valence electrons. The van der Waals surface area contributed by atoms with E-state index >= 15 is 0 Å². The lowest BCUT2D eigenvalue weighted by atomic mass is 10.1. The summed E-state index contributed by atoms with van der Waals surface area (Å²) >= 11 is 0. The van der Waals surface area contributed by atoms with Crippen molar-refractivity contribution in [2.45, 2.75) is 0 Å². The van der Waals surface area contributed by atoms with Crippen LogP contribution in [0.1, 0.15) is 0 Å².